The van der Waals surface area contributed by atoms with Crippen LogP contribution in [0.15, 0.2) is 0 Å². The number of hydrogen-bond acceptors (Lipinski definition) is 6. The second-order valence-corrected chi connectivity index (χ2v) is 5.13. The van der Waals surface area contributed by atoms with Crippen molar-refractivity contribution >= 4 is 11.9 Å². The van der Waals surface area contributed by atoms with Crippen LogP contribution < -0.4 is 10.2 Å². The van der Waals surface area contributed by atoms with Crippen LogP contribution in [0.1, 0.15) is 79.1 Å². The first kappa shape index (κ1) is 36.2. The summed E-state index contributed by atoms with van der Waals surface area (Å²) in [5.41, 5.74) is 0. The van der Waals surface area contributed by atoms with Crippen molar-refractivity contribution in [1.29, 1.82) is 0 Å². The van der Waals surface area contributed by atoms with Crippen LogP contribution in [0.5, 0.6) is 0 Å². The predicted molar refractivity (Wildman–Crippen MR) is 78.7 cm³/mol. The maximum absolute atomic E-state index is 10.3. The fraction of sp³-hybridized carbons (Fsp3) is 0.875. The SMILES string of the molecule is CCCCC(CC)C(=O)[O-].CCCCC(CC)C(=O)[O-].[O-2].[O]=[Zr+2].[O]=[Zr+2]. The minimum absolute atomic E-state index is 0. The maximum atomic E-state index is 10.3. The van der Waals surface area contributed by atoms with Crippen molar-refractivity contribution in [1.82, 2.24) is 0 Å². The van der Waals surface area contributed by atoms with Gasteiger partial charge in [0.1, 0.15) is 0 Å². The van der Waals surface area contributed by atoms with E-state index in [4.69, 9.17) is 5.63 Å². The van der Waals surface area contributed by atoms with E-state index in [-0.39, 0.29) is 17.3 Å². The number of carboxylic acid groups (broad SMARTS) is 2. The Labute approximate surface area is 182 Å². The van der Waals surface area contributed by atoms with Crippen LogP contribution in [0.3, 0.4) is 0 Å². The van der Waals surface area contributed by atoms with E-state index in [1.54, 1.807) is 0 Å². The Balaban J connectivity index is -0.0000000858. The summed E-state index contributed by atoms with van der Waals surface area (Å²) in [7, 11) is 0. The van der Waals surface area contributed by atoms with Gasteiger partial charge in [0.15, 0.2) is 0 Å². The predicted octanol–water partition coefficient (Wildman–Crippen LogP) is 1.54. The van der Waals surface area contributed by atoms with E-state index in [1.807, 2.05) is 13.8 Å². The normalized spacial score (nSPS) is 10.9. The van der Waals surface area contributed by atoms with Gasteiger partial charge in [-0.3, -0.25) is 0 Å². The van der Waals surface area contributed by atoms with E-state index in [2.05, 4.69) is 13.8 Å². The van der Waals surface area contributed by atoms with Gasteiger partial charge in [-0.05, 0) is 37.5 Å². The average molecular weight is 517 g/mol. The van der Waals surface area contributed by atoms with Crippen LogP contribution in [0.2, 0.25) is 0 Å². The molecule has 0 amide bonds. The van der Waals surface area contributed by atoms with Crippen LogP contribution in [-0.2, 0) is 70.1 Å². The molecule has 0 N–H and O–H groups in total. The molecule has 0 saturated carbocycles. The van der Waals surface area contributed by atoms with Crippen molar-refractivity contribution in [3.05, 3.63) is 0 Å². The van der Waals surface area contributed by atoms with Gasteiger partial charge in [0, 0.05) is 11.9 Å². The first-order valence-electron chi connectivity index (χ1n) is 8.26. The second kappa shape index (κ2) is 32.0. The summed E-state index contributed by atoms with van der Waals surface area (Å²) < 4.78 is 16.7. The molecule has 0 spiro atoms. The number of unbranched alkanes of at least 4 members (excludes halogenated alkanes) is 2. The number of hydrogen-bond donors (Lipinski definition) is 0. The number of rotatable bonds is 10. The van der Waals surface area contributed by atoms with Crippen LogP contribution >= 0.6 is 0 Å². The summed E-state index contributed by atoms with van der Waals surface area (Å²) in [6.45, 7) is 7.89. The molecule has 0 bridgehead atoms. The molecular formula is C16H30O7Zr2. The number of carbonyl (C=O) groups is 2. The van der Waals surface area contributed by atoms with Gasteiger partial charge in [0.05, 0.1) is 0 Å². The molecule has 0 heterocycles. The van der Waals surface area contributed by atoms with Gasteiger partial charge < -0.3 is 25.3 Å². The standard InChI is InChI=1S/2C8H16O2.3O.2Zr/c2*1-3-5-6-7(4-2)8(9)10;;;;;/h2*7H,3-6H2,1-2H3,(H,9,10);;;;;/q;;;;-2;2*+2/p-2. The monoisotopic (exact) mass is 514 g/mol. The fourth-order valence-corrected chi connectivity index (χ4v) is 1.88. The average Bonchev–Trinajstić information content (AvgIpc) is 2.60. The third-order valence-corrected chi connectivity index (χ3v) is 3.46. The summed E-state index contributed by atoms with van der Waals surface area (Å²) in [5.74, 6) is -2.23. The van der Waals surface area contributed by atoms with E-state index < -0.39 is 11.9 Å². The number of carbonyl (C=O) groups excluding carboxylic acids is 2. The van der Waals surface area contributed by atoms with Gasteiger partial charge in [-0.2, -0.15) is 0 Å². The Morgan fingerprint density at radius 3 is 1.08 bits per heavy atom. The molecule has 0 rings (SSSR count). The van der Waals surface area contributed by atoms with Gasteiger partial charge in [-0.25, -0.2) is 0 Å². The molecule has 25 heavy (non-hydrogen) atoms. The zero-order chi connectivity index (χ0) is 20.0. The Bertz CT molecular complexity index is 264. The zero-order valence-electron chi connectivity index (χ0n) is 15.7. The molecule has 0 radical (unpaired) electrons. The molecule has 0 fully saturated rings. The molecule has 0 aliphatic heterocycles. The fourth-order valence-electron chi connectivity index (χ4n) is 1.88. The molecule has 2 unspecified atom stereocenters. The van der Waals surface area contributed by atoms with Crippen LogP contribution in [0.4, 0.5) is 0 Å². The first-order valence-corrected chi connectivity index (χ1v) is 10.3. The molecule has 0 aromatic heterocycles. The Kier molecular flexibility index (Phi) is 46.3. The topological polar surface area (TPSA) is 143 Å². The molecule has 7 nitrogen and oxygen atoms in total. The van der Waals surface area contributed by atoms with Crippen LogP contribution in [0, 0.1) is 11.8 Å². The summed E-state index contributed by atoms with van der Waals surface area (Å²) >= 11 is 0.600. The van der Waals surface area contributed by atoms with Crippen molar-refractivity contribution in [3.8, 4) is 0 Å². The van der Waals surface area contributed by atoms with Gasteiger partial charge in [0.25, 0.3) is 0 Å². The first-order chi connectivity index (χ1) is 11.4. The second-order valence-electron chi connectivity index (χ2n) is 5.13. The summed E-state index contributed by atoms with van der Waals surface area (Å²) in [6, 6.07) is 0. The quantitative estimate of drug-likeness (QED) is 0.431. The van der Waals surface area contributed by atoms with E-state index >= 15 is 0 Å². The molecule has 0 aromatic carbocycles. The molecule has 0 aromatic rings. The summed E-state index contributed by atoms with van der Waals surface area (Å²) in [5, 5.41) is 20.7. The molecule has 0 aliphatic carbocycles. The zero-order valence-corrected chi connectivity index (χ0v) is 20.6. The van der Waals surface area contributed by atoms with Crippen molar-refractivity contribution in [2.75, 3.05) is 0 Å². The van der Waals surface area contributed by atoms with Gasteiger partial charge in [-0.15, -0.1) is 0 Å². The summed E-state index contributed by atoms with van der Waals surface area (Å²) in [4.78, 5) is 20.7. The van der Waals surface area contributed by atoms with Crippen molar-refractivity contribution < 1.29 is 80.4 Å². The molecule has 144 valence electrons. The molecule has 0 aliphatic rings. The third-order valence-electron chi connectivity index (χ3n) is 3.46. The van der Waals surface area contributed by atoms with Gasteiger partial charge >= 0.3 is 55.1 Å². The Morgan fingerprint density at radius 1 is 0.720 bits per heavy atom. The molecular weight excluding hydrogens is 487 g/mol. The van der Waals surface area contributed by atoms with Gasteiger partial charge in [-0.1, -0.05) is 53.4 Å². The van der Waals surface area contributed by atoms with E-state index in [9.17, 15) is 19.8 Å². The minimum atomic E-state index is -0.893. The van der Waals surface area contributed by atoms with Crippen LogP contribution in [0.25, 0.3) is 0 Å². The van der Waals surface area contributed by atoms with E-state index in [0.29, 0.717) is 62.3 Å². The van der Waals surface area contributed by atoms with Crippen molar-refractivity contribution in [3.63, 3.8) is 0 Å². The molecule has 2 atom stereocenters. The van der Waals surface area contributed by atoms with Crippen LogP contribution in [-0.4, -0.2) is 11.9 Å². The Morgan fingerprint density at radius 2 is 0.960 bits per heavy atom. The number of aliphatic carboxylic acids is 2. The van der Waals surface area contributed by atoms with E-state index in [1.165, 1.54) is 0 Å². The van der Waals surface area contributed by atoms with Gasteiger partial charge in [0.2, 0.25) is 0 Å². The number of carboxylic acids is 2. The molecule has 9 heteroatoms. The molecule has 0 saturated heterocycles. The third kappa shape index (κ3) is 29.3. The van der Waals surface area contributed by atoms with Crippen molar-refractivity contribution in [2.24, 2.45) is 11.8 Å². The van der Waals surface area contributed by atoms with E-state index in [0.717, 1.165) is 38.5 Å². The summed E-state index contributed by atoms with van der Waals surface area (Å²) in [6.07, 6.45) is 7.04. The van der Waals surface area contributed by atoms with Crippen molar-refractivity contribution in [2.45, 2.75) is 79.1 Å². The Hall–Kier alpha value is 0.266.